The molecule has 0 aliphatic rings. The normalized spacial score (nSPS) is 10.2. The van der Waals surface area contributed by atoms with Crippen molar-refractivity contribution < 1.29 is 19.7 Å². The van der Waals surface area contributed by atoms with E-state index >= 15 is 0 Å². The summed E-state index contributed by atoms with van der Waals surface area (Å²) in [6.45, 7) is 0.211. The van der Waals surface area contributed by atoms with E-state index in [-0.39, 0.29) is 23.7 Å². The van der Waals surface area contributed by atoms with Crippen LogP contribution in [-0.2, 0) is 6.61 Å². The van der Waals surface area contributed by atoms with Crippen LogP contribution in [0.15, 0.2) is 42.5 Å². The van der Waals surface area contributed by atoms with Gasteiger partial charge in [-0.05, 0) is 35.9 Å². The van der Waals surface area contributed by atoms with Gasteiger partial charge in [0.15, 0.2) is 0 Å². The first kappa shape index (κ1) is 13.2. The zero-order valence-electron chi connectivity index (χ0n) is 9.84. The molecule has 5 heteroatoms. The predicted molar refractivity (Wildman–Crippen MR) is 70.9 cm³/mol. The summed E-state index contributed by atoms with van der Waals surface area (Å²) in [5.74, 6) is -0.672. The maximum Gasteiger partial charge on any atom is 0.339 e. The highest BCUT2D eigenvalue weighted by Crippen LogP contribution is 2.24. The quantitative estimate of drug-likeness (QED) is 0.900. The second-order valence-electron chi connectivity index (χ2n) is 3.90. The third-order valence-corrected chi connectivity index (χ3v) is 2.74. The number of phenolic OH excluding ortho intramolecular Hbond substituents is 1. The molecular weight excluding hydrogens is 268 g/mol. The van der Waals surface area contributed by atoms with Crippen LogP contribution in [0.25, 0.3) is 0 Å². The van der Waals surface area contributed by atoms with Gasteiger partial charge >= 0.3 is 5.97 Å². The first-order chi connectivity index (χ1) is 9.06. The van der Waals surface area contributed by atoms with E-state index in [4.69, 9.17) is 26.6 Å². The van der Waals surface area contributed by atoms with Crippen molar-refractivity contribution in [1.82, 2.24) is 0 Å². The highest BCUT2D eigenvalue weighted by molar-refractivity contribution is 6.31. The molecule has 0 radical (unpaired) electrons. The number of benzene rings is 2. The molecule has 0 saturated heterocycles. The Morgan fingerprint density at radius 3 is 2.47 bits per heavy atom. The van der Waals surface area contributed by atoms with Gasteiger partial charge in [0.25, 0.3) is 0 Å². The lowest BCUT2D eigenvalue weighted by atomic mass is 10.2. The van der Waals surface area contributed by atoms with Gasteiger partial charge in [-0.25, -0.2) is 4.79 Å². The maximum absolute atomic E-state index is 11.1. The van der Waals surface area contributed by atoms with Gasteiger partial charge < -0.3 is 14.9 Å². The molecule has 19 heavy (non-hydrogen) atoms. The Morgan fingerprint density at radius 1 is 1.16 bits per heavy atom. The van der Waals surface area contributed by atoms with E-state index < -0.39 is 5.97 Å². The van der Waals surface area contributed by atoms with Crippen molar-refractivity contribution in [2.45, 2.75) is 6.61 Å². The van der Waals surface area contributed by atoms with Gasteiger partial charge in [0, 0.05) is 5.02 Å². The molecule has 0 saturated carbocycles. The summed E-state index contributed by atoms with van der Waals surface area (Å²) < 4.78 is 5.46. The number of hydrogen-bond donors (Lipinski definition) is 2. The van der Waals surface area contributed by atoms with Crippen LogP contribution < -0.4 is 4.74 Å². The zero-order chi connectivity index (χ0) is 13.8. The molecule has 0 atom stereocenters. The SMILES string of the molecule is O=C(O)c1cc(Cl)ccc1OCc1ccc(O)cc1. The molecule has 0 fully saturated rings. The topological polar surface area (TPSA) is 66.8 Å². The summed E-state index contributed by atoms with van der Waals surface area (Å²) in [6.07, 6.45) is 0. The number of ether oxygens (including phenoxy) is 1. The monoisotopic (exact) mass is 278 g/mol. The van der Waals surface area contributed by atoms with E-state index in [2.05, 4.69) is 0 Å². The number of carboxylic acid groups (broad SMARTS) is 1. The number of rotatable bonds is 4. The van der Waals surface area contributed by atoms with E-state index in [0.29, 0.717) is 5.02 Å². The Bertz CT molecular complexity index is 593. The van der Waals surface area contributed by atoms with Gasteiger partial charge in [0.2, 0.25) is 0 Å². The predicted octanol–water partition coefficient (Wildman–Crippen LogP) is 3.32. The minimum Gasteiger partial charge on any atom is -0.508 e. The average molecular weight is 279 g/mol. The first-order valence-electron chi connectivity index (χ1n) is 5.50. The highest BCUT2D eigenvalue weighted by atomic mass is 35.5. The van der Waals surface area contributed by atoms with Gasteiger partial charge in [-0.3, -0.25) is 0 Å². The molecule has 0 unspecified atom stereocenters. The summed E-state index contributed by atoms with van der Waals surface area (Å²) in [4.78, 5) is 11.1. The molecule has 2 rings (SSSR count). The number of hydrogen-bond acceptors (Lipinski definition) is 3. The third kappa shape index (κ3) is 3.39. The standard InChI is InChI=1S/C14H11ClO4/c15-10-3-6-13(12(7-10)14(17)18)19-8-9-1-4-11(16)5-2-9/h1-7,16H,8H2,(H,17,18). The summed E-state index contributed by atoms with van der Waals surface area (Å²) >= 11 is 5.75. The van der Waals surface area contributed by atoms with E-state index in [1.807, 2.05) is 0 Å². The van der Waals surface area contributed by atoms with E-state index in [1.54, 1.807) is 30.3 Å². The number of phenols is 1. The van der Waals surface area contributed by atoms with Crippen molar-refractivity contribution in [3.63, 3.8) is 0 Å². The second kappa shape index (κ2) is 5.63. The van der Waals surface area contributed by atoms with Gasteiger partial charge in [-0.15, -0.1) is 0 Å². The van der Waals surface area contributed by atoms with Gasteiger partial charge in [-0.2, -0.15) is 0 Å². The Labute approximate surface area is 114 Å². The van der Waals surface area contributed by atoms with E-state index in [9.17, 15) is 4.79 Å². The Hall–Kier alpha value is -2.20. The summed E-state index contributed by atoms with van der Waals surface area (Å²) in [6, 6.07) is 10.9. The molecule has 0 spiro atoms. The number of carboxylic acids is 1. The number of aromatic carboxylic acids is 1. The third-order valence-electron chi connectivity index (χ3n) is 2.50. The van der Waals surface area contributed by atoms with Crippen LogP contribution in [0, 0.1) is 0 Å². The maximum atomic E-state index is 11.1. The van der Waals surface area contributed by atoms with Crippen molar-refractivity contribution in [2.75, 3.05) is 0 Å². The molecule has 0 amide bonds. The molecule has 2 aromatic rings. The van der Waals surface area contributed by atoms with Gasteiger partial charge in [0.05, 0.1) is 0 Å². The Balaban J connectivity index is 2.15. The lowest BCUT2D eigenvalue weighted by Gasteiger charge is -2.09. The molecule has 4 nitrogen and oxygen atoms in total. The van der Waals surface area contributed by atoms with Crippen LogP contribution in [0.4, 0.5) is 0 Å². The molecule has 2 aromatic carbocycles. The van der Waals surface area contributed by atoms with Crippen LogP contribution in [0.1, 0.15) is 15.9 Å². The number of carbonyl (C=O) groups is 1. The summed E-state index contributed by atoms with van der Waals surface area (Å²) in [5.41, 5.74) is 0.843. The fourth-order valence-corrected chi connectivity index (χ4v) is 1.72. The molecule has 0 bridgehead atoms. The van der Waals surface area contributed by atoms with Crippen molar-refractivity contribution in [2.24, 2.45) is 0 Å². The molecule has 0 aliphatic carbocycles. The summed E-state index contributed by atoms with van der Waals surface area (Å²) in [5, 5.41) is 18.6. The lowest BCUT2D eigenvalue weighted by molar-refractivity contribution is 0.0691. The largest absolute Gasteiger partial charge is 0.508 e. The number of halogens is 1. The molecule has 0 aromatic heterocycles. The van der Waals surface area contributed by atoms with Crippen molar-refractivity contribution in [1.29, 1.82) is 0 Å². The highest BCUT2D eigenvalue weighted by Gasteiger charge is 2.12. The zero-order valence-corrected chi connectivity index (χ0v) is 10.6. The van der Waals surface area contributed by atoms with Crippen molar-refractivity contribution >= 4 is 17.6 Å². The van der Waals surface area contributed by atoms with E-state index in [1.165, 1.54) is 12.1 Å². The van der Waals surface area contributed by atoms with E-state index in [0.717, 1.165) is 5.56 Å². The molecule has 2 N–H and O–H groups in total. The fourth-order valence-electron chi connectivity index (χ4n) is 1.55. The Morgan fingerprint density at radius 2 is 1.84 bits per heavy atom. The van der Waals surface area contributed by atoms with Crippen LogP contribution >= 0.6 is 11.6 Å². The van der Waals surface area contributed by atoms with Crippen molar-refractivity contribution in [3.05, 3.63) is 58.6 Å². The van der Waals surface area contributed by atoms with Crippen LogP contribution in [0.5, 0.6) is 11.5 Å². The summed E-state index contributed by atoms with van der Waals surface area (Å²) in [7, 11) is 0. The smallest absolute Gasteiger partial charge is 0.339 e. The van der Waals surface area contributed by atoms with Crippen molar-refractivity contribution in [3.8, 4) is 11.5 Å². The second-order valence-corrected chi connectivity index (χ2v) is 4.34. The molecule has 98 valence electrons. The molecule has 0 aliphatic heterocycles. The lowest BCUT2D eigenvalue weighted by Crippen LogP contribution is -2.03. The average Bonchev–Trinajstić information content (AvgIpc) is 2.39. The minimum atomic E-state index is -1.09. The van der Waals surface area contributed by atoms with Gasteiger partial charge in [0.1, 0.15) is 23.7 Å². The minimum absolute atomic E-state index is 0.0197. The molecule has 0 heterocycles. The first-order valence-corrected chi connectivity index (χ1v) is 5.87. The molecular formula is C14H11ClO4. The fraction of sp³-hybridized carbons (Fsp3) is 0.0714. The van der Waals surface area contributed by atoms with Crippen LogP contribution in [0.3, 0.4) is 0 Å². The van der Waals surface area contributed by atoms with Gasteiger partial charge in [-0.1, -0.05) is 23.7 Å². The number of aromatic hydroxyl groups is 1. The Kier molecular flexibility index (Phi) is 3.92. The van der Waals surface area contributed by atoms with Crippen LogP contribution in [-0.4, -0.2) is 16.2 Å². The van der Waals surface area contributed by atoms with Crippen LogP contribution in [0.2, 0.25) is 5.02 Å².